The Balaban J connectivity index is 1.37. The molecule has 1 aromatic carbocycles. The van der Waals surface area contributed by atoms with Crippen LogP contribution in [0.4, 0.5) is 0 Å². The molecule has 0 spiro atoms. The summed E-state index contributed by atoms with van der Waals surface area (Å²) in [6, 6.07) is 5.46. The number of aliphatic hydroxyl groups is 1. The number of cyclic esters (lactones) is 1. The first-order chi connectivity index (χ1) is 15.0. The lowest BCUT2D eigenvalue weighted by Gasteiger charge is -2.16. The lowest BCUT2D eigenvalue weighted by molar-refractivity contribution is 0.0535. The summed E-state index contributed by atoms with van der Waals surface area (Å²) < 4.78 is 11.5. The number of nitrogens with zero attached hydrogens (tertiary/aromatic N) is 5. The van der Waals surface area contributed by atoms with Crippen molar-refractivity contribution in [3.63, 3.8) is 0 Å². The van der Waals surface area contributed by atoms with E-state index in [0.717, 1.165) is 22.3 Å². The number of rotatable bonds is 7. The summed E-state index contributed by atoms with van der Waals surface area (Å²) in [7, 11) is 1.44. The van der Waals surface area contributed by atoms with Crippen LogP contribution in [-0.4, -0.2) is 44.5 Å². The maximum Gasteiger partial charge on any atom is 0.338 e. The lowest BCUT2D eigenvalue weighted by Crippen LogP contribution is -2.22. The van der Waals surface area contributed by atoms with Gasteiger partial charge in [0.25, 0.3) is 11.8 Å². The van der Waals surface area contributed by atoms with Crippen LogP contribution in [0.3, 0.4) is 0 Å². The minimum Gasteiger partial charge on any atom is -0.479 e. The molecule has 1 atom stereocenters. The summed E-state index contributed by atoms with van der Waals surface area (Å²) in [5.41, 5.74) is 4.15. The summed E-state index contributed by atoms with van der Waals surface area (Å²) in [5.74, 6) is 0.204. The summed E-state index contributed by atoms with van der Waals surface area (Å²) in [5, 5.41) is 27.0. The van der Waals surface area contributed by atoms with Gasteiger partial charge in [-0.05, 0) is 24.1 Å². The second-order valence-electron chi connectivity index (χ2n) is 7.03. The van der Waals surface area contributed by atoms with E-state index in [1.807, 2.05) is 13.0 Å². The van der Waals surface area contributed by atoms with Crippen molar-refractivity contribution in [3.05, 3.63) is 64.1 Å². The van der Waals surface area contributed by atoms with E-state index in [1.165, 1.54) is 18.0 Å². The number of nitriles is 1. The zero-order chi connectivity index (χ0) is 22.0. The quantitative estimate of drug-likeness (QED) is 0.543. The van der Waals surface area contributed by atoms with Gasteiger partial charge >= 0.3 is 5.97 Å². The third-order valence-electron chi connectivity index (χ3n) is 5.12. The van der Waals surface area contributed by atoms with Gasteiger partial charge in [-0.2, -0.15) is 5.26 Å². The molecule has 158 valence electrons. The number of fused-ring (bicyclic) bond motifs is 1. The second kappa shape index (κ2) is 8.51. The highest BCUT2D eigenvalue weighted by molar-refractivity contribution is 5.93. The maximum atomic E-state index is 11.7. The van der Waals surface area contributed by atoms with E-state index >= 15 is 0 Å². The number of nitrogens with one attached hydrogen (secondary N) is 1. The van der Waals surface area contributed by atoms with Gasteiger partial charge in [-0.3, -0.25) is 0 Å². The Kier molecular flexibility index (Phi) is 5.62. The first-order valence-corrected chi connectivity index (χ1v) is 9.55. The number of aromatic nitrogens is 4. The molecule has 2 N–H and O–H groups in total. The van der Waals surface area contributed by atoms with Crippen molar-refractivity contribution in [2.45, 2.75) is 26.2 Å². The molecule has 0 fully saturated rings. The van der Waals surface area contributed by atoms with Crippen LogP contribution in [0.1, 0.15) is 44.3 Å². The molecule has 0 amide bonds. The van der Waals surface area contributed by atoms with Crippen molar-refractivity contribution in [2.24, 2.45) is 0 Å². The van der Waals surface area contributed by atoms with Crippen molar-refractivity contribution in [3.8, 4) is 17.9 Å². The highest BCUT2D eigenvalue weighted by atomic mass is 16.5. The number of hydrogen-bond donors (Lipinski definition) is 2. The molecule has 0 unspecified atom stereocenters. The summed E-state index contributed by atoms with van der Waals surface area (Å²) in [4.78, 5) is 20.2. The minimum atomic E-state index is -0.734. The third-order valence-corrected chi connectivity index (χ3v) is 5.12. The molecule has 3 aromatic rings. The highest BCUT2D eigenvalue weighted by Gasteiger charge is 2.25. The van der Waals surface area contributed by atoms with Crippen molar-refractivity contribution in [1.82, 2.24) is 25.1 Å². The van der Waals surface area contributed by atoms with E-state index in [1.54, 1.807) is 24.5 Å². The van der Waals surface area contributed by atoms with Crippen LogP contribution < -0.4 is 10.1 Å². The Morgan fingerprint density at radius 2 is 2.16 bits per heavy atom. The van der Waals surface area contributed by atoms with Crippen molar-refractivity contribution < 1.29 is 19.4 Å². The Hall–Kier alpha value is -3.81. The van der Waals surface area contributed by atoms with E-state index in [9.17, 15) is 9.90 Å². The Morgan fingerprint density at radius 3 is 2.84 bits per heavy atom. The third kappa shape index (κ3) is 3.96. The highest BCUT2D eigenvalue weighted by Crippen LogP contribution is 2.28. The number of carbonyl (C=O) groups excluding carboxylic acids is 1. The molecule has 31 heavy (non-hydrogen) atoms. The van der Waals surface area contributed by atoms with Gasteiger partial charge in [-0.1, -0.05) is 6.07 Å². The van der Waals surface area contributed by atoms with Gasteiger partial charge in [0.15, 0.2) is 0 Å². The standard InChI is InChI=1S/C21H20N6O4/c1-12-15(3-4-16-17(12)11-31-20(16)29)18(28)9-23-6-13-7-24-21(25-8-13)27-10-14(5-22)19(26-27)30-2/h3-4,7-8,10,18,23,28H,6,9,11H2,1-2H3/t18-/m0/s1. The van der Waals surface area contributed by atoms with Gasteiger partial charge in [-0.15, -0.1) is 5.10 Å². The SMILES string of the molecule is COc1nn(-c2ncc(CNC[C@H](O)c3ccc4c(c3C)COC4=O)cn2)cc1C#N. The number of carbonyl (C=O) groups is 1. The number of ether oxygens (including phenoxy) is 2. The molecule has 0 saturated heterocycles. The summed E-state index contributed by atoms with van der Waals surface area (Å²) in [6.07, 6.45) is 4.05. The molecule has 0 saturated carbocycles. The van der Waals surface area contributed by atoms with E-state index in [-0.39, 0.29) is 18.5 Å². The van der Waals surface area contributed by atoms with E-state index < -0.39 is 6.10 Å². The van der Waals surface area contributed by atoms with Crippen molar-refractivity contribution >= 4 is 5.97 Å². The number of aliphatic hydroxyl groups excluding tert-OH is 1. The van der Waals surface area contributed by atoms with E-state index in [4.69, 9.17) is 14.7 Å². The number of hydrogen-bond acceptors (Lipinski definition) is 9. The molecule has 1 aliphatic heterocycles. The average molecular weight is 420 g/mol. The van der Waals surface area contributed by atoms with Crippen LogP contribution in [0, 0.1) is 18.3 Å². The van der Waals surface area contributed by atoms with E-state index in [0.29, 0.717) is 30.2 Å². The minimum absolute atomic E-state index is 0.212. The van der Waals surface area contributed by atoms with Crippen molar-refractivity contribution in [1.29, 1.82) is 5.26 Å². The second-order valence-corrected chi connectivity index (χ2v) is 7.03. The lowest BCUT2D eigenvalue weighted by atomic mass is 9.95. The fourth-order valence-corrected chi connectivity index (χ4v) is 3.44. The molecule has 10 nitrogen and oxygen atoms in total. The van der Waals surface area contributed by atoms with Gasteiger partial charge in [-0.25, -0.2) is 19.4 Å². The topological polar surface area (TPSA) is 135 Å². The summed E-state index contributed by atoms with van der Waals surface area (Å²) in [6.45, 7) is 2.90. The number of methoxy groups -OCH3 is 1. The molecule has 0 radical (unpaired) electrons. The largest absolute Gasteiger partial charge is 0.479 e. The number of esters is 1. The normalized spacial score (nSPS) is 13.4. The van der Waals surface area contributed by atoms with Crippen LogP contribution in [0.15, 0.2) is 30.7 Å². The molecule has 0 aliphatic carbocycles. The fraction of sp³-hybridized carbons (Fsp3) is 0.286. The first kappa shape index (κ1) is 20.5. The Labute approximate surface area is 178 Å². The summed E-state index contributed by atoms with van der Waals surface area (Å²) >= 11 is 0. The number of benzene rings is 1. The Bertz CT molecular complexity index is 1170. The zero-order valence-electron chi connectivity index (χ0n) is 17.0. The molecule has 1 aliphatic rings. The van der Waals surface area contributed by atoms with Gasteiger partial charge in [0, 0.05) is 36.6 Å². The smallest absolute Gasteiger partial charge is 0.338 e. The average Bonchev–Trinajstić information content (AvgIpc) is 3.38. The molecule has 2 aromatic heterocycles. The predicted octanol–water partition coefficient (Wildman–Crippen LogP) is 1.34. The van der Waals surface area contributed by atoms with Crippen LogP contribution in [-0.2, 0) is 17.9 Å². The molecule has 3 heterocycles. The molecular weight excluding hydrogens is 400 g/mol. The predicted molar refractivity (Wildman–Crippen MR) is 107 cm³/mol. The molecule has 10 heteroatoms. The maximum absolute atomic E-state index is 11.7. The molecular formula is C21H20N6O4. The molecule has 0 bridgehead atoms. The zero-order valence-corrected chi connectivity index (χ0v) is 17.0. The van der Waals surface area contributed by atoms with E-state index in [2.05, 4.69) is 20.4 Å². The monoisotopic (exact) mass is 420 g/mol. The van der Waals surface area contributed by atoms with Crippen LogP contribution in [0.2, 0.25) is 0 Å². The molecule has 4 rings (SSSR count). The van der Waals surface area contributed by atoms with Crippen LogP contribution in [0.5, 0.6) is 5.88 Å². The fourth-order valence-electron chi connectivity index (χ4n) is 3.44. The first-order valence-electron chi connectivity index (χ1n) is 9.55. The van der Waals surface area contributed by atoms with Crippen LogP contribution in [0.25, 0.3) is 5.95 Å². The van der Waals surface area contributed by atoms with Gasteiger partial charge in [0.2, 0.25) is 0 Å². The van der Waals surface area contributed by atoms with Crippen molar-refractivity contribution in [2.75, 3.05) is 13.7 Å². The van der Waals surface area contributed by atoms with Gasteiger partial charge < -0.3 is 19.9 Å². The Morgan fingerprint density at radius 1 is 1.39 bits per heavy atom. The van der Waals surface area contributed by atoms with Crippen LogP contribution >= 0.6 is 0 Å². The van der Waals surface area contributed by atoms with Gasteiger partial charge in [0.05, 0.1) is 25.0 Å². The van der Waals surface area contributed by atoms with Gasteiger partial charge in [0.1, 0.15) is 18.2 Å².